The van der Waals surface area contributed by atoms with Crippen LogP contribution in [0, 0.1) is 0 Å². The van der Waals surface area contributed by atoms with E-state index >= 15 is 0 Å². The van der Waals surface area contributed by atoms with Crippen molar-refractivity contribution in [2.75, 3.05) is 5.75 Å². The number of carbonyl (C=O) groups excluding carboxylic acids is 1. The molecule has 0 unspecified atom stereocenters. The molecule has 0 aromatic heterocycles. The molecule has 0 fully saturated rings. The van der Waals surface area contributed by atoms with Crippen molar-refractivity contribution in [2.24, 2.45) is 10.8 Å². The number of hydrogen-bond acceptors (Lipinski definition) is 3. The van der Waals surface area contributed by atoms with Crippen molar-refractivity contribution in [1.29, 1.82) is 0 Å². The Bertz CT molecular complexity index is 327. The number of hydrogen-bond donors (Lipinski definition) is 2. The Hall–Kier alpha value is -1.49. The lowest BCUT2D eigenvalue weighted by Gasteiger charge is -1.97. The van der Waals surface area contributed by atoms with Crippen LogP contribution in [0.15, 0.2) is 35.4 Å². The van der Waals surface area contributed by atoms with Gasteiger partial charge in [-0.15, -0.1) is 0 Å². The summed E-state index contributed by atoms with van der Waals surface area (Å²) in [6.07, 6.45) is 1.62. The molecule has 1 aromatic rings. The Kier molecular flexibility index (Phi) is 5.32. The minimum absolute atomic E-state index is 0.640. The fraction of sp³-hybridized carbons (Fsp3) is 0.200. The molecule has 0 aliphatic heterocycles. The Morgan fingerprint density at radius 3 is 2.87 bits per heavy atom. The maximum atomic E-state index is 10.2. The van der Waals surface area contributed by atoms with Crippen LogP contribution in [0.5, 0.6) is 0 Å². The largest absolute Gasteiger partial charge is 0.350 e. The van der Waals surface area contributed by atoms with E-state index in [-0.39, 0.29) is 0 Å². The van der Waals surface area contributed by atoms with Crippen LogP contribution in [-0.2, 0) is 5.75 Å². The van der Waals surface area contributed by atoms with Crippen molar-refractivity contribution < 1.29 is 4.79 Å². The molecule has 2 amide bonds. The number of primary amides is 1. The van der Waals surface area contributed by atoms with Gasteiger partial charge in [-0.05, 0) is 5.56 Å². The zero-order valence-corrected chi connectivity index (χ0v) is 9.04. The number of rotatable bonds is 5. The van der Waals surface area contributed by atoms with E-state index in [9.17, 15) is 4.79 Å². The van der Waals surface area contributed by atoms with Gasteiger partial charge in [0, 0.05) is 17.7 Å². The smallest absolute Gasteiger partial charge is 0.332 e. The number of amides is 2. The van der Waals surface area contributed by atoms with E-state index in [0.29, 0.717) is 0 Å². The third-order valence-corrected chi connectivity index (χ3v) is 2.49. The molecule has 4 nitrogen and oxygen atoms in total. The third-order valence-electron chi connectivity index (χ3n) is 1.57. The summed E-state index contributed by atoms with van der Waals surface area (Å²) in [6, 6.07) is 9.53. The normalized spacial score (nSPS) is 10.4. The first-order valence-corrected chi connectivity index (χ1v) is 5.63. The summed E-state index contributed by atoms with van der Waals surface area (Å²) in [4.78, 5) is 10.2. The highest BCUT2D eigenvalue weighted by Gasteiger charge is 1.90. The first-order chi connectivity index (χ1) is 7.29. The lowest BCUT2D eigenvalue weighted by atomic mass is 10.2. The second-order valence-corrected chi connectivity index (χ2v) is 3.82. The molecule has 1 aromatic carbocycles. The van der Waals surface area contributed by atoms with E-state index in [1.165, 1.54) is 5.56 Å². The van der Waals surface area contributed by atoms with Crippen molar-refractivity contribution in [2.45, 2.75) is 5.75 Å². The van der Waals surface area contributed by atoms with Gasteiger partial charge in [0.25, 0.3) is 0 Å². The quantitative estimate of drug-likeness (QED) is 0.452. The van der Waals surface area contributed by atoms with Gasteiger partial charge in [-0.25, -0.2) is 10.2 Å². The van der Waals surface area contributed by atoms with Crippen LogP contribution in [0.25, 0.3) is 0 Å². The zero-order chi connectivity index (χ0) is 10.9. The number of nitrogens with zero attached hydrogens (tertiary/aromatic N) is 1. The number of carbonyl (C=O) groups is 1. The van der Waals surface area contributed by atoms with Crippen molar-refractivity contribution >= 4 is 24.0 Å². The average molecular weight is 223 g/mol. The maximum Gasteiger partial charge on any atom is 0.332 e. The first kappa shape index (κ1) is 11.6. The Labute approximate surface area is 92.9 Å². The van der Waals surface area contributed by atoms with Gasteiger partial charge in [-0.2, -0.15) is 16.9 Å². The fourth-order valence-corrected chi connectivity index (χ4v) is 1.68. The van der Waals surface area contributed by atoms with Crippen molar-refractivity contribution in [3.8, 4) is 0 Å². The monoisotopic (exact) mass is 223 g/mol. The summed E-state index contributed by atoms with van der Waals surface area (Å²) in [5.74, 6) is 1.68. The van der Waals surface area contributed by atoms with Gasteiger partial charge in [0.2, 0.25) is 0 Å². The van der Waals surface area contributed by atoms with E-state index < -0.39 is 6.03 Å². The molecule has 1 rings (SSSR count). The molecular weight excluding hydrogens is 210 g/mol. The maximum absolute atomic E-state index is 10.2. The molecule has 0 heterocycles. The van der Waals surface area contributed by atoms with E-state index in [4.69, 9.17) is 5.73 Å². The Balaban J connectivity index is 2.12. The summed E-state index contributed by atoms with van der Waals surface area (Å²) in [6.45, 7) is 0. The number of benzene rings is 1. The Morgan fingerprint density at radius 1 is 1.47 bits per heavy atom. The molecule has 0 atom stereocenters. The van der Waals surface area contributed by atoms with Gasteiger partial charge in [0.05, 0.1) is 0 Å². The van der Waals surface area contributed by atoms with Gasteiger partial charge in [-0.1, -0.05) is 30.3 Å². The lowest BCUT2D eigenvalue weighted by molar-refractivity contribution is 0.249. The summed E-state index contributed by atoms with van der Waals surface area (Å²) >= 11 is 1.72. The molecule has 0 radical (unpaired) electrons. The number of urea groups is 1. The second-order valence-electron chi connectivity index (χ2n) is 2.79. The molecule has 0 bridgehead atoms. The van der Waals surface area contributed by atoms with E-state index in [1.807, 2.05) is 18.2 Å². The second kappa shape index (κ2) is 6.89. The van der Waals surface area contributed by atoms with Crippen LogP contribution in [0.1, 0.15) is 5.56 Å². The minimum atomic E-state index is -0.640. The number of nitrogens with one attached hydrogen (secondary N) is 1. The van der Waals surface area contributed by atoms with Gasteiger partial charge >= 0.3 is 6.03 Å². The van der Waals surface area contributed by atoms with Crippen molar-refractivity contribution in [1.82, 2.24) is 5.43 Å². The molecule has 80 valence electrons. The highest BCUT2D eigenvalue weighted by molar-refractivity contribution is 7.99. The number of hydrazone groups is 1. The summed E-state index contributed by atoms with van der Waals surface area (Å²) in [7, 11) is 0. The SMILES string of the molecule is NC(=O)N/N=C\CSCc1ccccc1. The average Bonchev–Trinajstić information content (AvgIpc) is 2.24. The highest BCUT2D eigenvalue weighted by Crippen LogP contribution is 2.09. The fourth-order valence-electron chi connectivity index (χ4n) is 0.950. The molecule has 0 aliphatic carbocycles. The van der Waals surface area contributed by atoms with Crippen LogP contribution < -0.4 is 11.2 Å². The topological polar surface area (TPSA) is 67.5 Å². The molecule has 0 saturated heterocycles. The molecule has 0 spiro atoms. The van der Waals surface area contributed by atoms with E-state index in [2.05, 4.69) is 22.7 Å². The highest BCUT2D eigenvalue weighted by atomic mass is 32.2. The molecular formula is C10H13N3OS. The van der Waals surface area contributed by atoms with Gasteiger partial charge < -0.3 is 5.73 Å². The van der Waals surface area contributed by atoms with E-state index in [1.54, 1.807) is 18.0 Å². The lowest BCUT2D eigenvalue weighted by Crippen LogP contribution is -2.24. The summed E-state index contributed by atoms with van der Waals surface area (Å²) in [5, 5.41) is 3.63. The van der Waals surface area contributed by atoms with Crippen LogP contribution in [0.2, 0.25) is 0 Å². The molecule has 0 saturated carbocycles. The molecule has 15 heavy (non-hydrogen) atoms. The molecule has 5 heteroatoms. The van der Waals surface area contributed by atoms with Crippen LogP contribution in [0.3, 0.4) is 0 Å². The minimum Gasteiger partial charge on any atom is -0.350 e. The van der Waals surface area contributed by atoms with Crippen LogP contribution >= 0.6 is 11.8 Å². The predicted molar refractivity (Wildman–Crippen MR) is 63.8 cm³/mol. The standard InChI is InChI=1S/C10H13N3OS/c11-10(14)13-12-6-7-15-8-9-4-2-1-3-5-9/h1-6H,7-8H2,(H3,11,13,14)/b12-6-. The van der Waals surface area contributed by atoms with Gasteiger partial charge in [0.1, 0.15) is 0 Å². The van der Waals surface area contributed by atoms with Crippen molar-refractivity contribution in [3.63, 3.8) is 0 Å². The van der Waals surface area contributed by atoms with Gasteiger partial charge in [-0.3, -0.25) is 0 Å². The van der Waals surface area contributed by atoms with E-state index in [0.717, 1.165) is 11.5 Å². The summed E-state index contributed by atoms with van der Waals surface area (Å²) in [5.41, 5.74) is 8.24. The van der Waals surface area contributed by atoms with Crippen LogP contribution in [0.4, 0.5) is 4.79 Å². The Morgan fingerprint density at radius 2 is 2.20 bits per heavy atom. The predicted octanol–water partition coefficient (Wildman–Crippen LogP) is 1.57. The number of thioether (sulfide) groups is 1. The number of nitrogens with two attached hydrogens (primary N) is 1. The first-order valence-electron chi connectivity index (χ1n) is 4.47. The van der Waals surface area contributed by atoms with Crippen LogP contribution in [-0.4, -0.2) is 18.0 Å². The van der Waals surface area contributed by atoms with Crippen molar-refractivity contribution in [3.05, 3.63) is 35.9 Å². The molecule has 0 aliphatic rings. The third kappa shape index (κ3) is 5.74. The molecule has 3 N–H and O–H groups in total. The zero-order valence-electron chi connectivity index (χ0n) is 8.22. The summed E-state index contributed by atoms with van der Waals surface area (Å²) < 4.78 is 0. The van der Waals surface area contributed by atoms with Gasteiger partial charge in [0.15, 0.2) is 0 Å².